The number of rotatable bonds is 1. The summed E-state index contributed by atoms with van der Waals surface area (Å²) in [5.74, 6) is 0.741. The van der Waals surface area contributed by atoms with E-state index in [4.69, 9.17) is 4.74 Å². The van der Waals surface area contributed by atoms with Crippen LogP contribution in [0, 0.1) is 5.92 Å². The lowest BCUT2D eigenvalue weighted by atomic mass is 9.85. The fraction of sp³-hybridized carbons (Fsp3) is 0.286. The van der Waals surface area contributed by atoms with E-state index in [-0.39, 0.29) is 11.7 Å². The largest absolute Gasteiger partial charge is 0.416 e. The number of para-hydroxylation sites is 1. The number of piperidine rings is 1. The van der Waals surface area contributed by atoms with E-state index in [0.29, 0.717) is 18.7 Å². The summed E-state index contributed by atoms with van der Waals surface area (Å²) in [5, 5.41) is 0. The first-order valence-electron chi connectivity index (χ1n) is 5.98. The Hall–Kier alpha value is -2.10. The maximum Gasteiger partial charge on any atom is 0.416 e. The Bertz CT molecular complexity index is 509. The van der Waals surface area contributed by atoms with E-state index in [9.17, 15) is 9.59 Å². The number of fused-ring (bicyclic) bond motifs is 2. The average molecular weight is 243 g/mol. The average Bonchev–Trinajstić information content (AvgIpc) is 2.40. The number of ketones is 1. The third-order valence-corrected chi connectivity index (χ3v) is 3.31. The van der Waals surface area contributed by atoms with Crippen molar-refractivity contribution in [3.8, 4) is 5.75 Å². The van der Waals surface area contributed by atoms with Crippen molar-refractivity contribution in [2.24, 2.45) is 5.92 Å². The molecule has 1 amide bonds. The Labute approximate surface area is 105 Å². The highest BCUT2D eigenvalue weighted by Gasteiger charge is 2.39. The van der Waals surface area contributed by atoms with Gasteiger partial charge >= 0.3 is 6.09 Å². The molecule has 0 aromatic heterocycles. The Morgan fingerprint density at radius 2 is 2.00 bits per heavy atom. The van der Waals surface area contributed by atoms with Crippen LogP contribution in [-0.4, -0.2) is 29.4 Å². The predicted molar refractivity (Wildman–Crippen MR) is 65.2 cm³/mol. The van der Waals surface area contributed by atoms with E-state index in [0.717, 1.165) is 0 Å². The van der Waals surface area contributed by atoms with Gasteiger partial charge in [0.2, 0.25) is 0 Å². The lowest BCUT2D eigenvalue weighted by molar-refractivity contribution is -0.126. The standard InChI is InChI=1S/C14H13NO3/c16-13-8-10-6-7-12(13)15(9-10)14(17)18-11-4-2-1-3-5-11/h1-7,10,12H,8-9H2/t10-,12+/m1/s1. The molecule has 2 atom stereocenters. The number of nitrogens with zero attached hydrogens (tertiary/aromatic N) is 1. The molecule has 1 aromatic carbocycles. The van der Waals surface area contributed by atoms with Gasteiger partial charge in [-0.1, -0.05) is 30.4 Å². The van der Waals surface area contributed by atoms with Crippen LogP contribution in [0.4, 0.5) is 4.79 Å². The van der Waals surface area contributed by atoms with Crippen LogP contribution in [0.5, 0.6) is 5.75 Å². The van der Waals surface area contributed by atoms with Crippen LogP contribution in [0.25, 0.3) is 0 Å². The summed E-state index contributed by atoms with van der Waals surface area (Å²) in [4.78, 5) is 25.2. The Morgan fingerprint density at radius 1 is 1.22 bits per heavy atom. The van der Waals surface area contributed by atoms with Crippen LogP contribution >= 0.6 is 0 Å². The number of ether oxygens (including phenoxy) is 1. The minimum Gasteiger partial charge on any atom is -0.410 e. The van der Waals surface area contributed by atoms with Crippen molar-refractivity contribution in [3.05, 3.63) is 42.5 Å². The number of amides is 1. The molecule has 1 fully saturated rings. The van der Waals surface area contributed by atoms with Gasteiger partial charge in [-0.05, 0) is 12.1 Å². The topological polar surface area (TPSA) is 46.6 Å². The molecule has 4 nitrogen and oxygen atoms in total. The summed E-state index contributed by atoms with van der Waals surface area (Å²) < 4.78 is 5.26. The summed E-state index contributed by atoms with van der Waals surface area (Å²) in [6.07, 6.45) is 3.90. The van der Waals surface area contributed by atoms with Gasteiger partial charge < -0.3 is 4.74 Å². The van der Waals surface area contributed by atoms with Crippen molar-refractivity contribution in [1.82, 2.24) is 4.90 Å². The fourth-order valence-corrected chi connectivity index (χ4v) is 2.42. The quantitative estimate of drug-likeness (QED) is 0.709. The fourth-order valence-electron chi connectivity index (χ4n) is 2.42. The minimum absolute atomic E-state index is 0.0961. The van der Waals surface area contributed by atoms with Gasteiger partial charge in [0.25, 0.3) is 0 Å². The first kappa shape index (κ1) is 11.0. The SMILES string of the molecule is O=C1C[C@H]2C=C[C@@H]1N(C(=O)Oc1ccccc1)C2. The summed E-state index contributed by atoms with van der Waals surface area (Å²) in [6.45, 7) is 0.568. The zero-order valence-electron chi connectivity index (χ0n) is 9.78. The second kappa shape index (κ2) is 4.29. The molecule has 92 valence electrons. The van der Waals surface area contributed by atoms with Gasteiger partial charge in [-0.2, -0.15) is 0 Å². The smallest absolute Gasteiger partial charge is 0.410 e. The van der Waals surface area contributed by atoms with E-state index in [2.05, 4.69) is 0 Å². The van der Waals surface area contributed by atoms with Crippen molar-refractivity contribution in [2.75, 3.05) is 6.54 Å². The Morgan fingerprint density at radius 3 is 2.67 bits per heavy atom. The molecule has 1 aliphatic carbocycles. The van der Waals surface area contributed by atoms with Crippen molar-refractivity contribution in [2.45, 2.75) is 12.5 Å². The minimum atomic E-state index is -0.450. The van der Waals surface area contributed by atoms with Gasteiger partial charge in [-0.15, -0.1) is 0 Å². The zero-order chi connectivity index (χ0) is 12.5. The van der Waals surface area contributed by atoms with Crippen LogP contribution in [0.2, 0.25) is 0 Å². The van der Waals surface area contributed by atoms with Gasteiger partial charge in [0.1, 0.15) is 11.8 Å². The molecule has 18 heavy (non-hydrogen) atoms. The van der Waals surface area contributed by atoms with Gasteiger partial charge in [0, 0.05) is 18.9 Å². The molecule has 2 heterocycles. The molecular weight excluding hydrogens is 230 g/mol. The van der Waals surface area contributed by atoms with Crippen molar-refractivity contribution in [3.63, 3.8) is 0 Å². The van der Waals surface area contributed by atoms with E-state index in [1.165, 1.54) is 4.90 Å². The number of benzene rings is 1. The number of hydrogen-bond acceptors (Lipinski definition) is 3. The van der Waals surface area contributed by atoms with Crippen LogP contribution in [-0.2, 0) is 4.79 Å². The molecule has 4 rings (SSSR count). The van der Waals surface area contributed by atoms with E-state index >= 15 is 0 Å². The van der Waals surface area contributed by atoms with E-state index < -0.39 is 12.1 Å². The second-order valence-corrected chi connectivity index (χ2v) is 4.59. The van der Waals surface area contributed by atoms with Crippen molar-refractivity contribution in [1.29, 1.82) is 0 Å². The zero-order valence-corrected chi connectivity index (χ0v) is 9.78. The Kier molecular flexibility index (Phi) is 2.63. The maximum atomic E-state index is 12.0. The molecule has 1 saturated heterocycles. The molecule has 0 spiro atoms. The molecule has 0 radical (unpaired) electrons. The van der Waals surface area contributed by atoms with Crippen LogP contribution in [0.15, 0.2) is 42.5 Å². The van der Waals surface area contributed by atoms with Crippen molar-refractivity contribution >= 4 is 11.9 Å². The molecule has 0 unspecified atom stereocenters. The number of hydrogen-bond donors (Lipinski definition) is 0. The molecule has 2 bridgehead atoms. The maximum absolute atomic E-state index is 12.0. The molecular formula is C14H13NO3. The normalized spacial score (nSPS) is 25.3. The van der Waals surface area contributed by atoms with Gasteiger partial charge in [-0.25, -0.2) is 4.79 Å². The summed E-state index contributed by atoms with van der Waals surface area (Å²) >= 11 is 0. The van der Waals surface area contributed by atoms with Crippen LogP contribution in [0.3, 0.4) is 0 Å². The first-order valence-corrected chi connectivity index (χ1v) is 5.98. The highest BCUT2D eigenvalue weighted by Crippen LogP contribution is 2.27. The third-order valence-electron chi connectivity index (χ3n) is 3.31. The summed E-state index contributed by atoms with van der Waals surface area (Å²) in [5.41, 5.74) is 0. The number of carbonyl (C=O) groups is 2. The number of carbonyl (C=O) groups excluding carboxylic acids is 2. The van der Waals surface area contributed by atoms with Gasteiger partial charge in [0.05, 0.1) is 0 Å². The molecule has 3 aliphatic rings. The highest BCUT2D eigenvalue weighted by atomic mass is 16.6. The molecule has 0 N–H and O–H groups in total. The lowest BCUT2D eigenvalue weighted by Gasteiger charge is -2.39. The third kappa shape index (κ3) is 1.90. The summed E-state index contributed by atoms with van der Waals surface area (Å²) in [6, 6.07) is 8.46. The van der Waals surface area contributed by atoms with Crippen LogP contribution in [0.1, 0.15) is 6.42 Å². The number of Topliss-reactive ketones (excluding diaryl/α,β-unsaturated/α-hetero) is 1. The molecule has 2 aliphatic heterocycles. The van der Waals surface area contributed by atoms with Gasteiger partial charge in [-0.3, -0.25) is 9.69 Å². The van der Waals surface area contributed by atoms with Gasteiger partial charge in [0.15, 0.2) is 5.78 Å². The van der Waals surface area contributed by atoms with E-state index in [1.54, 1.807) is 30.3 Å². The monoisotopic (exact) mass is 243 g/mol. The van der Waals surface area contributed by atoms with Crippen LogP contribution < -0.4 is 4.74 Å². The summed E-state index contributed by atoms with van der Waals surface area (Å²) in [7, 11) is 0. The first-order chi connectivity index (χ1) is 8.74. The molecule has 1 aromatic rings. The van der Waals surface area contributed by atoms with E-state index in [1.807, 2.05) is 12.1 Å². The second-order valence-electron chi connectivity index (χ2n) is 4.59. The molecule has 4 heteroatoms. The predicted octanol–water partition coefficient (Wildman–Crippen LogP) is 2.01. The Balaban J connectivity index is 1.74. The lowest BCUT2D eigenvalue weighted by Crippen LogP contribution is -2.54. The highest BCUT2D eigenvalue weighted by molar-refractivity contribution is 5.92. The molecule has 0 saturated carbocycles. The van der Waals surface area contributed by atoms with Crippen molar-refractivity contribution < 1.29 is 14.3 Å².